The second-order valence-corrected chi connectivity index (χ2v) is 24.7. The van der Waals surface area contributed by atoms with Crippen LogP contribution in [0.3, 0.4) is 0 Å². The summed E-state index contributed by atoms with van der Waals surface area (Å²) in [7, 11) is -4.68. The minimum Gasteiger partial charge on any atom is -0.413 e. The van der Waals surface area contributed by atoms with Crippen molar-refractivity contribution < 1.29 is 22.8 Å². The van der Waals surface area contributed by atoms with Gasteiger partial charge >= 0.3 is 0 Å². The molecule has 1 saturated heterocycles. The summed E-state index contributed by atoms with van der Waals surface area (Å²) < 4.78 is 38.9. The van der Waals surface area contributed by atoms with E-state index in [4.69, 9.17) is 13.6 Å². The number of benzene rings is 1. The average molecular weight is 706 g/mol. The zero-order chi connectivity index (χ0) is 32.7. The summed E-state index contributed by atoms with van der Waals surface area (Å²) in [5.74, 6) is -0.0427. The topological polar surface area (TPSA) is 87.0 Å². The van der Waals surface area contributed by atoms with Gasteiger partial charge in [-0.05, 0) is 65.5 Å². The number of anilines is 1. The molecule has 3 aromatic rings. The van der Waals surface area contributed by atoms with Crippen molar-refractivity contribution in [2.24, 2.45) is 0 Å². The van der Waals surface area contributed by atoms with Crippen molar-refractivity contribution >= 4 is 50.1 Å². The molecule has 1 aliphatic heterocycles. The summed E-state index contributed by atoms with van der Waals surface area (Å²) in [6.45, 7) is 21.7. The number of aromatic nitrogens is 3. The SMILES string of the molecule is CC(C)(C)[Si](C)(C)OC[C@@]1(/C=C/Br)O[C@@H](c2cc3ncnc(NC(=O)c4ccccc4)n3c2)[C@H](F)[C@@H]1O[Si](C)(C)C(C)(C)C. The van der Waals surface area contributed by atoms with Crippen molar-refractivity contribution in [1.82, 2.24) is 14.4 Å². The third-order valence-corrected chi connectivity index (χ3v) is 18.7. The lowest BCUT2D eigenvalue weighted by atomic mass is 9.95. The van der Waals surface area contributed by atoms with Gasteiger partial charge in [0.1, 0.15) is 29.8 Å². The van der Waals surface area contributed by atoms with Gasteiger partial charge in [-0.3, -0.25) is 14.5 Å². The Morgan fingerprint density at radius 2 is 1.73 bits per heavy atom. The molecule has 0 saturated carbocycles. The molecule has 0 aliphatic carbocycles. The van der Waals surface area contributed by atoms with Gasteiger partial charge in [0.25, 0.3) is 5.91 Å². The van der Waals surface area contributed by atoms with Crippen LogP contribution in [0.25, 0.3) is 5.65 Å². The first-order valence-corrected chi connectivity index (χ1v) is 21.7. The van der Waals surface area contributed by atoms with Crippen molar-refractivity contribution in [3.63, 3.8) is 0 Å². The number of nitrogens with zero attached hydrogens (tertiary/aromatic N) is 3. The molecule has 1 fully saturated rings. The normalized spacial score (nSPS) is 23.5. The van der Waals surface area contributed by atoms with Crippen LogP contribution in [-0.2, 0) is 13.6 Å². The first-order valence-electron chi connectivity index (χ1n) is 14.9. The first-order chi connectivity index (χ1) is 20.3. The molecule has 2 aromatic heterocycles. The Labute approximate surface area is 271 Å². The Morgan fingerprint density at radius 3 is 2.32 bits per heavy atom. The number of amides is 1. The number of alkyl halides is 1. The predicted octanol–water partition coefficient (Wildman–Crippen LogP) is 8.45. The first kappa shape index (κ1) is 34.6. The van der Waals surface area contributed by atoms with E-state index >= 15 is 4.39 Å². The van der Waals surface area contributed by atoms with E-state index in [1.165, 1.54) is 6.33 Å². The number of fused-ring (bicyclic) bond motifs is 1. The molecule has 0 bridgehead atoms. The maximum absolute atomic E-state index is 17.0. The van der Waals surface area contributed by atoms with E-state index < -0.39 is 40.6 Å². The van der Waals surface area contributed by atoms with E-state index in [0.29, 0.717) is 16.8 Å². The van der Waals surface area contributed by atoms with Gasteiger partial charge < -0.3 is 13.6 Å². The Hall–Kier alpha value is -2.23. The average Bonchev–Trinajstić information content (AvgIpc) is 3.47. The fraction of sp³-hybridized carbons (Fsp3) is 0.531. The maximum atomic E-state index is 17.0. The van der Waals surface area contributed by atoms with E-state index in [2.05, 4.69) is 98.9 Å². The molecule has 8 nitrogen and oxygen atoms in total. The number of nitrogens with one attached hydrogen (secondary N) is 1. The number of ether oxygens (including phenoxy) is 1. The van der Waals surface area contributed by atoms with Crippen LogP contribution in [0.4, 0.5) is 10.3 Å². The molecule has 1 N–H and O–H groups in total. The molecular weight excluding hydrogens is 659 g/mol. The summed E-state index contributed by atoms with van der Waals surface area (Å²) in [6, 6.07) is 10.6. The highest BCUT2D eigenvalue weighted by Crippen LogP contribution is 2.49. The Bertz CT molecular complexity index is 1500. The highest BCUT2D eigenvalue weighted by molar-refractivity contribution is 9.11. The standard InChI is InChI=1S/C32H46BrFN4O4Si2/c1-30(2,3)43(7,8)40-20-32(16-17-33)27(42-44(9,10)31(4,5)6)25(34)26(41-32)23-18-24-35-21-36-29(38(24)19-23)37-28(39)22-14-12-11-13-15-22/h11-19,21,25-27H,20H2,1-10H3,(H,35,36,37,39)/b17-16+/t25-,26-,27-,32+/m0/s1. The molecule has 240 valence electrons. The van der Waals surface area contributed by atoms with Gasteiger partial charge in [-0.25, -0.2) is 14.4 Å². The smallest absolute Gasteiger partial charge is 0.257 e. The van der Waals surface area contributed by atoms with E-state index in [9.17, 15) is 4.79 Å². The van der Waals surface area contributed by atoms with Crippen LogP contribution in [0.2, 0.25) is 36.3 Å². The quantitative estimate of drug-likeness (QED) is 0.225. The second kappa shape index (κ2) is 12.5. The van der Waals surface area contributed by atoms with Crippen molar-refractivity contribution in [2.75, 3.05) is 11.9 Å². The lowest BCUT2D eigenvalue weighted by molar-refractivity contribution is -0.0724. The van der Waals surface area contributed by atoms with Gasteiger partial charge in [0, 0.05) is 17.3 Å². The highest BCUT2D eigenvalue weighted by atomic mass is 79.9. The van der Waals surface area contributed by atoms with Gasteiger partial charge in [0.05, 0.1) is 6.61 Å². The number of hydrogen-bond acceptors (Lipinski definition) is 6. The number of hydrogen-bond donors (Lipinski definition) is 1. The van der Waals surface area contributed by atoms with Crippen LogP contribution in [-0.4, -0.2) is 61.4 Å². The summed E-state index contributed by atoms with van der Waals surface area (Å²) in [5.41, 5.74) is 0.368. The van der Waals surface area contributed by atoms with Crippen LogP contribution >= 0.6 is 15.9 Å². The van der Waals surface area contributed by atoms with Crippen molar-refractivity contribution in [3.05, 3.63) is 71.1 Å². The molecule has 4 rings (SSSR count). The highest BCUT2D eigenvalue weighted by Gasteiger charge is 2.59. The van der Waals surface area contributed by atoms with E-state index in [-0.39, 0.29) is 28.5 Å². The molecule has 0 spiro atoms. The Morgan fingerprint density at radius 1 is 1.09 bits per heavy atom. The van der Waals surface area contributed by atoms with Crippen LogP contribution in [0, 0.1) is 0 Å². The Kier molecular flexibility index (Phi) is 9.86. The molecular formula is C32H46BrFN4O4Si2. The fourth-order valence-electron chi connectivity index (χ4n) is 4.58. The lowest BCUT2D eigenvalue weighted by Crippen LogP contribution is -2.55. The molecule has 44 heavy (non-hydrogen) atoms. The number of rotatable bonds is 9. The lowest BCUT2D eigenvalue weighted by Gasteiger charge is -2.44. The number of halogens is 2. The monoisotopic (exact) mass is 704 g/mol. The number of carbonyl (C=O) groups is 1. The zero-order valence-electron chi connectivity index (χ0n) is 27.4. The van der Waals surface area contributed by atoms with E-state index in [1.54, 1.807) is 45.9 Å². The summed E-state index contributed by atoms with van der Waals surface area (Å²) in [5, 5.41) is 2.65. The molecule has 3 heterocycles. The minimum atomic E-state index is -2.45. The largest absolute Gasteiger partial charge is 0.413 e. The summed E-state index contributed by atoms with van der Waals surface area (Å²) in [6.07, 6.45) is 1.51. The van der Waals surface area contributed by atoms with E-state index in [0.717, 1.165) is 0 Å². The molecule has 4 atom stereocenters. The second-order valence-electron chi connectivity index (χ2n) is 14.6. The van der Waals surface area contributed by atoms with Crippen LogP contribution in [0.15, 0.2) is 60.0 Å². The predicted molar refractivity (Wildman–Crippen MR) is 182 cm³/mol. The molecule has 12 heteroatoms. The minimum absolute atomic E-state index is 0.0471. The number of carbonyl (C=O) groups excluding carboxylic acids is 1. The van der Waals surface area contributed by atoms with Crippen molar-refractivity contribution in [3.8, 4) is 0 Å². The van der Waals surface area contributed by atoms with Gasteiger partial charge in [-0.1, -0.05) is 75.7 Å². The van der Waals surface area contributed by atoms with Gasteiger partial charge in [0.2, 0.25) is 5.95 Å². The molecule has 0 radical (unpaired) electrons. The third-order valence-electron chi connectivity index (χ3n) is 9.45. The maximum Gasteiger partial charge on any atom is 0.257 e. The molecule has 1 amide bonds. The summed E-state index contributed by atoms with van der Waals surface area (Å²) in [4.78, 5) is 23.3. The fourth-order valence-corrected chi connectivity index (χ4v) is 7.36. The molecule has 1 aliphatic rings. The van der Waals surface area contributed by atoms with Crippen LogP contribution in [0.5, 0.6) is 0 Å². The zero-order valence-corrected chi connectivity index (χ0v) is 31.0. The van der Waals surface area contributed by atoms with Gasteiger partial charge in [0.15, 0.2) is 22.8 Å². The third kappa shape index (κ3) is 6.95. The summed E-state index contributed by atoms with van der Waals surface area (Å²) >= 11 is 3.44. The van der Waals surface area contributed by atoms with Gasteiger partial charge in [-0.15, -0.1) is 0 Å². The van der Waals surface area contributed by atoms with E-state index in [1.807, 2.05) is 12.1 Å². The van der Waals surface area contributed by atoms with Crippen LogP contribution < -0.4 is 5.32 Å². The van der Waals surface area contributed by atoms with Gasteiger partial charge in [-0.2, -0.15) is 0 Å². The molecule has 1 aromatic carbocycles. The van der Waals surface area contributed by atoms with Crippen LogP contribution in [0.1, 0.15) is 63.6 Å². The molecule has 0 unspecified atom stereocenters. The van der Waals surface area contributed by atoms with Crippen molar-refractivity contribution in [2.45, 2.75) is 102 Å². The Balaban J connectivity index is 1.75. The van der Waals surface area contributed by atoms with Crippen molar-refractivity contribution in [1.29, 1.82) is 0 Å².